The number of likely N-dealkylation sites (N-methyl/N-ethyl adjacent to an activating group) is 1. The van der Waals surface area contributed by atoms with Crippen LogP contribution in [0.25, 0.3) is 0 Å². The van der Waals surface area contributed by atoms with Crippen molar-refractivity contribution in [3.63, 3.8) is 0 Å². The van der Waals surface area contributed by atoms with Gasteiger partial charge in [-0.25, -0.2) is 9.97 Å². The first-order chi connectivity index (χ1) is 8.20. The smallest absolute Gasteiger partial charge is 0.225 e. The van der Waals surface area contributed by atoms with Gasteiger partial charge in [-0.15, -0.1) is 0 Å². The van der Waals surface area contributed by atoms with Gasteiger partial charge in [0.05, 0.1) is 12.6 Å². The van der Waals surface area contributed by atoms with Crippen LogP contribution in [0.15, 0.2) is 12.4 Å². The predicted octanol–water partition coefficient (Wildman–Crippen LogP) is -0.779. The lowest BCUT2D eigenvalue weighted by Crippen LogP contribution is -2.45. The topological polar surface area (TPSA) is 78.5 Å². The molecule has 0 aromatic carbocycles. The minimum absolute atomic E-state index is 0.0861. The van der Waals surface area contributed by atoms with Crippen molar-refractivity contribution in [2.45, 2.75) is 6.04 Å². The maximum atomic E-state index is 8.94. The summed E-state index contributed by atoms with van der Waals surface area (Å²) < 4.78 is 0. The molecule has 3 N–H and O–H groups in total. The van der Waals surface area contributed by atoms with Gasteiger partial charge in [-0.2, -0.15) is 0 Å². The second kappa shape index (κ2) is 5.39. The third-order valence-electron chi connectivity index (χ3n) is 3.07. The highest BCUT2D eigenvalue weighted by atomic mass is 16.3. The molecular weight excluding hydrogens is 218 g/mol. The van der Waals surface area contributed by atoms with Crippen molar-refractivity contribution in [3.05, 3.63) is 18.0 Å². The normalized spacial score (nSPS) is 19.4. The molecule has 1 aromatic heterocycles. The average Bonchev–Trinajstić information content (AvgIpc) is 2.39. The van der Waals surface area contributed by atoms with Crippen molar-refractivity contribution in [3.8, 4) is 0 Å². The fourth-order valence-electron chi connectivity index (χ4n) is 1.80. The Morgan fingerprint density at radius 2 is 1.88 bits per heavy atom. The van der Waals surface area contributed by atoms with Crippen LogP contribution in [0.4, 0.5) is 5.95 Å². The minimum Gasteiger partial charge on any atom is -0.394 e. The van der Waals surface area contributed by atoms with Crippen LogP contribution in [0, 0.1) is 0 Å². The van der Waals surface area contributed by atoms with E-state index in [1.165, 1.54) is 0 Å². The monoisotopic (exact) mass is 237 g/mol. The molecule has 0 amide bonds. The molecule has 2 rings (SSSR count). The van der Waals surface area contributed by atoms with E-state index < -0.39 is 6.04 Å². The number of nitrogens with zero attached hydrogens (tertiary/aromatic N) is 4. The Balaban J connectivity index is 2.02. The van der Waals surface area contributed by atoms with Gasteiger partial charge in [0.2, 0.25) is 5.95 Å². The van der Waals surface area contributed by atoms with E-state index in [4.69, 9.17) is 10.8 Å². The Labute approximate surface area is 101 Å². The number of hydrogen-bond donors (Lipinski definition) is 2. The Hall–Kier alpha value is -1.24. The third kappa shape index (κ3) is 2.91. The summed E-state index contributed by atoms with van der Waals surface area (Å²) in [4.78, 5) is 13.0. The average molecular weight is 237 g/mol. The highest BCUT2D eigenvalue weighted by Crippen LogP contribution is 2.12. The molecule has 1 aromatic rings. The van der Waals surface area contributed by atoms with Crippen molar-refractivity contribution in [1.82, 2.24) is 14.9 Å². The van der Waals surface area contributed by atoms with Gasteiger partial charge in [0, 0.05) is 44.1 Å². The molecule has 1 fully saturated rings. The van der Waals surface area contributed by atoms with Crippen LogP contribution >= 0.6 is 0 Å². The van der Waals surface area contributed by atoms with Crippen LogP contribution in [-0.2, 0) is 0 Å². The summed E-state index contributed by atoms with van der Waals surface area (Å²) in [5, 5.41) is 8.94. The Morgan fingerprint density at radius 3 is 2.41 bits per heavy atom. The van der Waals surface area contributed by atoms with Gasteiger partial charge in [0.25, 0.3) is 0 Å². The number of anilines is 1. The van der Waals surface area contributed by atoms with Gasteiger partial charge >= 0.3 is 0 Å². The minimum atomic E-state index is -0.392. The molecule has 1 saturated heterocycles. The standard InChI is InChI=1S/C11H19N5O/c1-15-2-4-16(5-3-15)11-13-6-9(7-14-11)10(12)8-17/h6-7,10,17H,2-5,8,12H2,1H3. The van der Waals surface area contributed by atoms with E-state index in [-0.39, 0.29) is 6.61 Å². The largest absolute Gasteiger partial charge is 0.394 e. The van der Waals surface area contributed by atoms with E-state index in [1.807, 2.05) is 0 Å². The summed E-state index contributed by atoms with van der Waals surface area (Å²) in [6, 6.07) is -0.392. The molecule has 0 aliphatic carbocycles. The number of rotatable bonds is 3. The van der Waals surface area contributed by atoms with Crippen LogP contribution in [0.3, 0.4) is 0 Å². The molecule has 1 aliphatic rings. The van der Waals surface area contributed by atoms with Crippen molar-refractivity contribution in [1.29, 1.82) is 0 Å². The first kappa shape index (κ1) is 12.2. The van der Waals surface area contributed by atoms with Gasteiger partial charge in [-0.05, 0) is 7.05 Å². The van der Waals surface area contributed by atoms with E-state index >= 15 is 0 Å². The Kier molecular flexibility index (Phi) is 3.88. The lowest BCUT2D eigenvalue weighted by Gasteiger charge is -2.32. The molecule has 1 atom stereocenters. The van der Waals surface area contributed by atoms with E-state index in [0.717, 1.165) is 37.7 Å². The summed E-state index contributed by atoms with van der Waals surface area (Å²) in [5.74, 6) is 0.743. The van der Waals surface area contributed by atoms with Gasteiger partial charge < -0.3 is 20.6 Å². The summed E-state index contributed by atoms with van der Waals surface area (Å²) in [6.07, 6.45) is 3.39. The fraction of sp³-hybridized carbons (Fsp3) is 0.636. The molecule has 1 aliphatic heterocycles. The van der Waals surface area contributed by atoms with Crippen LogP contribution in [-0.4, -0.2) is 59.8 Å². The lowest BCUT2D eigenvalue weighted by atomic mass is 10.2. The molecule has 6 nitrogen and oxygen atoms in total. The maximum Gasteiger partial charge on any atom is 0.225 e. The van der Waals surface area contributed by atoms with Crippen LogP contribution in [0.5, 0.6) is 0 Å². The number of nitrogens with two attached hydrogens (primary N) is 1. The highest BCUT2D eigenvalue weighted by Gasteiger charge is 2.16. The van der Waals surface area contributed by atoms with Crippen LogP contribution in [0.2, 0.25) is 0 Å². The number of aliphatic hydroxyl groups is 1. The lowest BCUT2D eigenvalue weighted by molar-refractivity contribution is 0.267. The highest BCUT2D eigenvalue weighted by molar-refractivity contribution is 5.31. The maximum absolute atomic E-state index is 8.94. The summed E-state index contributed by atoms with van der Waals surface area (Å²) >= 11 is 0. The number of hydrogen-bond acceptors (Lipinski definition) is 6. The van der Waals surface area contributed by atoms with Crippen LogP contribution in [0.1, 0.15) is 11.6 Å². The molecule has 0 radical (unpaired) electrons. The molecule has 0 bridgehead atoms. The predicted molar refractivity (Wildman–Crippen MR) is 65.8 cm³/mol. The van der Waals surface area contributed by atoms with Crippen molar-refractivity contribution >= 4 is 5.95 Å². The summed E-state index contributed by atoms with van der Waals surface area (Å²) in [7, 11) is 2.11. The molecule has 2 heterocycles. The van der Waals surface area contributed by atoms with E-state index in [2.05, 4.69) is 26.8 Å². The zero-order valence-electron chi connectivity index (χ0n) is 10.1. The first-order valence-corrected chi connectivity index (χ1v) is 5.82. The third-order valence-corrected chi connectivity index (χ3v) is 3.07. The van der Waals surface area contributed by atoms with Crippen molar-refractivity contribution in [2.24, 2.45) is 5.73 Å². The Bertz CT molecular complexity index is 347. The molecule has 17 heavy (non-hydrogen) atoms. The van der Waals surface area contributed by atoms with Gasteiger partial charge in [0.1, 0.15) is 0 Å². The number of piperazine rings is 1. The molecule has 94 valence electrons. The fourth-order valence-corrected chi connectivity index (χ4v) is 1.80. The van der Waals surface area contributed by atoms with Gasteiger partial charge in [-0.3, -0.25) is 0 Å². The van der Waals surface area contributed by atoms with E-state index in [1.54, 1.807) is 12.4 Å². The van der Waals surface area contributed by atoms with E-state index in [0.29, 0.717) is 0 Å². The zero-order chi connectivity index (χ0) is 12.3. The first-order valence-electron chi connectivity index (χ1n) is 5.82. The van der Waals surface area contributed by atoms with Crippen molar-refractivity contribution < 1.29 is 5.11 Å². The number of aromatic nitrogens is 2. The summed E-state index contributed by atoms with van der Waals surface area (Å²) in [6.45, 7) is 3.86. The Morgan fingerprint density at radius 1 is 1.29 bits per heavy atom. The van der Waals surface area contributed by atoms with Crippen LogP contribution < -0.4 is 10.6 Å². The molecule has 1 unspecified atom stereocenters. The van der Waals surface area contributed by atoms with Crippen molar-refractivity contribution in [2.75, 3.05) is 44.7 Å². The molecule has 0 spiro atoms. The molecule has 6 heteroatoms. The van der Waals surface area contributed by atoms with Gasteiger partial charge in [0.15, 0.2) is 0 Å². The van der Waals surface area contributed by atoms with E-state index in [9.17, 15) is 0 Å². The zero-order valence-corrected chi connectivity index (χ0v) is 10.1. The SMILES string of the molecule is CN1CCN(c2ncc(C(N)CO)cn2)CC1. The van der Waals surface area contributed by atoms with Gasteiger partial charge in [-0.1, -0.05) is 0 Å². The second-order valence-corrected chi connectivity index (χ2v) is 4.40. The molecule has 0 saturated carbocycles. The summed E-state index contributed by atoms with van der Waals surface area (Å²) in [5.41, 5.74) is 6.46. The molecular formula is C11H19N5O. The quantitative estimate of drug-likeness (QED) is 0.718. The second-order valence-electron chi connectivity index (χ2n) is 4.40. The number of aliphatic hydroxyl groups excluding tert-OH is 1.